The Morgan fingerprint density at radius 3 is 2.76 bits per heavy atom. The average Bonchev–Trinajstić information content (AvgIpc) is 3.44. The van der Waals surface area contributed by atoms with Gasteiger partial charge in [-0.2, -0.15) is 0 Å². The van der Waals surface area contributed by atoms with Crippen LogP contribution in [-0.2, 0) is 19.5 Å². The summed E-state index contributed by atoms with van der Waals surface area (Å²) in [6.45, 7) is 5.59. The maximum absolute atomic E-state index is 12.4. The molecule has 0 atom stereocenters. The van der Waals surface area contributed by atoms with Crippen LogP contribution in [0.5, 0.6) is 0 Å². The van der Waals surface area contributed by atoms with Gasteiger partial charge in [-0.1, -0.05) is 48.0 Å². The zero-order valence-corrected chi connectivity index (χ0v) is 20.2. The lowest BCUT2D eigenvalue weighted by Gasteiger charge is -2.21. The van der Waals surface area contributed by atoms with Crippen LogP contribution in [0.4, 0.5) is 0 Å². The molecular formula is C27H33N5O2. The van der Waals surface area contributed by atoms with Crippen molar-refractivity contribution in [1.82, 2.24) is 25.1 Å². The van der Waals surface area contributed by atoms with Gasteiger partial charge in [-0.15, -0.1) is 0 Å². The molecule has 0 aliphatic carbocycles. The van der Waals surface area contributed by atoms with Crippen LogP contribution in [0.15, 0.2) is 65.4 Å². The molecule has 0 fully saturated rings. The first-order valence-electron chi connectivity index (χ1n) is 11.7. The van der Waals surface area contributed by atoms with E-state index in [1.807, 2.05) is 25.1 Å². The summed E-state index contributed by atoms with van der Waals surface area (Å²) in [6.07, 6.45) is 4.44. The van der Waals surface area contributed by atoms with Gasteiger partial charge in [0.2, 0.25) is 5.89 Å². The van der Waals surface area contributed by atoms with E-state index in [1.54, 1.807) is 0 Å². The van der Waals surface area contributed by atoms with E-state index in [4.69, 9.17) is 4.42 Å². The normalized spacial score (nSPS) is 11.6. The van der Waals surface area contributed by atoms with Gasteiger partial charge in [0.15, 0.2) is 5.69 Å². The maximum atomic E-state index is 12.4. The summed E-state index contributed by atoms with van der Waals surface area (Å²) < 4.78 is 5.68. The van der Waals surface area contributed by atoms with Crippen molar-refractivity contribution >= 4 is 16.8 Å². The molecule has 34 heavy (non-hydrogen) atoms. The Morgan fingerprint density at radius 1 is 1.09 bits per heavy atom. The van der Waals surface area contributed by atoms with Gasteiger partial charge in [0.1, 0.15) is 6.26 Å². The SMILES string of the molecule is Cc1cccc(CN(CCc2c[nH]c3ccccc23)Cc2nc(C(=O)NCCN(C)C)co2)c1. The summed E-state index contributed by atoms with van der Waals surface area (Å²) in [6, 6.07) is 16.9. The highest BCUT2D eigenvalue weighted by atomic mass is 16.3. The lowest BCUT2D eigenvalue weighted by Crippen LogP contribution is -2.31. The number of aryl methyl sites for hydroxylation is 1. The number of benzene rings is 2. The quantitative estimate of drug-likeness (QED) is 0.355. The average molecular weight is 460 g/mol. The molecule has 178 valence electrons. The molecule has 0 aliphatic heterocycles. The minimum absolute atomic E-state index is 0.208. The monoisotopic (exact) mass is 459 g/mol. The standard InChI is InChI=1S/C27H33N5O2/c1-20-7-6-8-21(15-20)17-32(13-11-22-16-29-24-10-5-4-9-23(22)24)18-26-30-25(19-34-26)27(33)28-12-14-31(2)3/h4-10,15-16,19,29H,11-14,17-18H2,1-3H3,(H,28,33). The molecule has 4 aromatic rings. The molecule has 1 amide bonds. The molecule has 2 N–H and O–H groups in total. The third-order valence-corrected chi connectivity index (χ3v) is 5.85. The van der Waals surface area contributed by atoms with E-state index in [2.05, 4.69) is 75.8 Å². The Labute approximate surface area is 200 Å². The summed E-state index contributed by atoms with van der Waals surface area (Å²) in [7, 11) is 3.94. The van der Waals surface area contributed by atoms with Crippen molar-refractivity contribution in [1.29, 1.82) is 0 Å². The predicted molar refractivity (Wildman–Crippen MR) is 135 cm³/mol. The number of aromatic nitrogens is 2. The molecule has 7 heteroatoms. The molecule has 0 saturated heterocycles. The van der Waals surface area contributed by atoms with E-state index in [1.165, 1.54) is 28.3 Å². The third-order valence-electron chi connectivity index (χ3n) is 5.85. The molecular weight excluding hydrogens is 426 g/mol. The van der Waals surface area contributed by atoms with Crippen LogP contribution in [0.2, 0.25) is 0 Å². The van der Waals surface area contributed by atoms with E-state index in [-0.39, 0.29) is 5.91 Å². The molecule has 2 aromatic heterocycles. The third kappa shape index (κ3) is 6.34. The summed E-state index contributed by atoms with van der Waals surface area (Å²) >= 11 is 0. The Morgan fingerprint density at radius 2 is 1.94 bits per heavy atom. The highest BCUT2D eigenvalue weighted by molar-refractivity contribution is 5.91. The summed E-state index contributed by atoms with van der Waals surface area (Å²) in [5.74, 6) is 0.338. The predicted octanol–water partition coefficient (Wildman–Crippen LogP) is 4.00. The van der Waals surface area contributed by atoms with Crippen LogP contribution in [0.1, 0.15) is 33.1 Å². The van der Waals surface area contributed by atoms with Gasteiger partial charge in [0.05, 0.1) is 6.54 Å². The minimum atomic E-state index is -0.208. The zero-order valence-electron chi connectivity index (χ0n) is 20.2. The number of amides is 1. The minimum Gasteiger partial charge on any atom is -0.447 e. The molecule has 0 saturated carbocycles. The lowest BCUT2D eigenvalue weighted by molar-refractivity contribution is 0.0946. The van der Waals surface area contributed by atoms with E-state index in [0.717, 1.165) is 31.6 Å². The largest absolute Gasteiger partial charge is 0.447 e. The van der Waals surface area contributed by atoms with Crippen LogP contribution in [0.25, 0.3) is 10.9 Å². The molecule has 2 heterocycles. The Bertz CT molecular complexity index is 1230. The van der Waals surface area contributed by atoms with Gasteiger partial charge in [0.25, 0.3) is 5.91 Å². The molecule has 0 aliphatic rings. The van der Waals surface area contributed by atoms with Gasteiger partial charge >= 0.3 is 0 Å². The van der Waals surface area contributed by atoms with Gasteiger partial charge in [-0.3, -0.25) is 9.69 Å². The lowest BCUT2D eigenvalue weighted by atomic mass is 10.1. The van der Waals surface area contributed by atoms with E-state index in [9.17, 15) is 4.79 Å². The van der Waals surface area contributed by atoms with Gasteiger partial charge < -0.3 is 19.6 Å². The number of carbonyl (C=O) groups is 1. The van der Waals surface area contributed by atoms with Crippen molar-refractivity contribution in [3.8, 4) is 0 Å². The van der Waals surface area contributed by atoms with Gasteiger partial charge in [0, 0.05) is 43.3 Å². The second kappa shape index (κ2) is 11.1. The highest BCUT2D eigenvalue weighted by Gasteiger charge is 2.16. The number of fused-ring (bicyclic) bond motifs is 1. The molecule has 0 radical (unpaired) electrons. The van der Waals surface area contributed by atoms with Crippen molar-refractivity contribution in [3.05, 3.63) is 89.3 Å². The number of nitrogens with zero attached hydrogens (tertiary/aromatic N) is 3. The summed E-state index contributed by atoms with van der Waals surface area (Å²) in [4.78, 5) is 24.5. The summed E-state index contributed by atoms with van der Waals surface area (Å²) in [5.41, 5.74) is 5.24. The number of likely N-dealkylation sites (N-methyl/N-ethyl adjacent to an activating group) is 1. The van der Waals surface area contributed by atoms with Gasteiger partial charge in [-0.25, -0.2) is 4.98 Å². The van der Waals surface area contributed by atoms with Crippen LogP contribution in [0, 0.1) is 6.92 Å². The van der Waals surface area contributed by atoms with Crippen molar-refractivity contribution < 1.29 is 9.21 Å². The number of aromatic amines is 1. The van der Waals surface area contributed by atoms with Gasteiger partial charge in [-0.05, 0) is 44.6 Å². The first-order valence-corrected chi connectivity index (χ1v) is 11.7. The number of nitrogens with one attached hydrogen (secondary N) is 2. The Hall–Kier alpha value is -3.42. The first-order chi connectivity index (χ1) is 16.5. The molecule has 0 spiro atoms. The van der Waals surface area contributed by atoms with Crippen molar-refractivity contribution in [3.63, 3.8) is 0 Å². The zero-order chi connectivity index (χ0) is 23.9. The fraction of sp³-hybridized carbons (Fsp3) is 0.333. The highest BCUT2D eigenvalue weighted by Crippen LogP contribution is 2.19. The fourth-order valence-corrected chi connectivity index (χ4v) is 4.06. The molecule has 2 aromatic carbocycles. The number of hydrogen-bond acceptors (Lipinski definition) is 5. The smallest absolute Gasteiger partial charge is 0.273 e. The van der Waals surface area contributed by atoms with Crippen molar-refractivity contribution in [2.45, 2.75) is 26.4 Å². The first kappa shape index (κ1) is 23.7. The molecule has 0 unspecified atom stereocenters. The van der Waals surface area contributed by atoms with Crippen molar-refractivity contribution in [2.75, 3.05) is 33.7 Å². The number of para-hydroxylation sites is 1. The molecule has 0 bridgehead atoms. The molecule has 7 nitrogen and oxygen atoms in total. The second-order valence-corrected chi connectivity index (χ2v) is 8.99. The number of H-pyrrole nitrogens is 1. The van der Waals surface area contributed by atoms with Crippen LogP contribution < -0.4 is 5.32 Å². The van der Waals surface area contributed by atoms with Crippen LogP contribution in [-0.4, -0.2) is 59.4 Å². The van der Waals surface area contributed by atoms with Crippen molar-refractivity contribution in [2.24, 2.45) is 0 Å². The Balaban J connectivity index is 1.45. The van der Waals surface area contributed by atoms with E-state index in [0.29, 0.717) is 24.7 Å². The summed E-state index contributed by atoms with van der Waals surface area (Å²) in [5, 5.41) is 4.14. The number of hydrogen-bond donors (Lipinski definition) is 2. The topological polar surface area (TPSA) is 77.4 Å². The van der Waals surface area contributed by atoms with E-state index < -0.39 is 0 Å². The van der Waals surface area contributed by atoms with Crippen LogP contribution >= 0.6 is 0 Å². The Kier molecular flexibility index (Phi) is 7.77. The fourth-order valence-electron chi connectivity index (χ4n) is 4.06. The number of oxazole rings is 1. The van der Waals surface area contributed by atoms with E-state index >= 15 is 0 Å². The van der Waals surface area contributed by atoms with Crippen LogP contribution in [0.3, 0.4) is 0 Å². The molecule has 4 rings (SSSR count). The number of carbonyl (C=O) groups excluding carboxylic acids is 1. The maximum Gasteiger partial charge on any atom is 0.273 e. The number of rotatable bonds is 11. The second-order valence-electron chi connectivity index (χ2n) is 8.99.